The lowest BCUT2D eigenvalue weighted by Crippen LogP contribution is -2.34. The minimum atomic E-state index is -0.987. The van der Waals surface area contributed by atoms with Crippen molar-refractivity contribution in [1.29, 1.82) is 0 Å². The molecule has 0 aromatic heterocycles. The van der Waals surface area contributed by atoms with Crippen LogP contribution in [0.4, 0.5) is 5.69 Å². The molecule has 0 radical (unpaired) electrons. The lowest BCUT2D eigenvalue weighted by Gasteiger charge is -2.22. The van der Waals surface area contributed by atoms with Crippen molar-refractivity contribution in [2.45, 2.75) is 87.0 Å². The number of aliphatic hydroxyl groups is 1. The summed E-state index contributed by atoms with van der Waals surface area (Å²) in [5, 5.41) is 26.5. The van der Waals surface area contributed by atoms with Crippen molar-refractivity contribution in [3.8, 4) is 5.75 Å². The summed E-state index contributed by atoms with van der Waals surface area (Å²) in [5.74, 6) is -0.461. The van der Waals surface area contributed by atoms with Crippen molar-refractivity contribution in [3.63, 3.8) is 0 Å². The van der Waals surface area contributed by atoms with Gasteiger partial charge in [-0.05, 0) is 30.0 Å². The molecule has 1 fully saturated rings. The van der Waals surface area contributed by atoms with Crippen molar-refractivity contribution in [3.05, 3.63) is 23.8 Å². The van der Waals surface area contributed by atoms with Gasteiger partial charge in [0.05, 0.1) is 18.4 Å². The Balaban J connectivity index is -0.000000386. The summed E-state index contributed by atoms with van der Waals surface area (Å²) in [5.41, 5.74) is 6.47. The molecule has 1 aromatic rings. The van der Waals surface area contributed by atoms with E-state index >= 15 is 0 Å². The van der Waals surface area contributed by atoms with Gasteiger partial charge in [0, 0.05) is 13.3 Å². The van der Waals surface area contributed by atoms with Crippen LogP contribution < -0.4 is 5.73 Å². The Morgan fingerprint density at radius 3 is 2.06 bits per heavy atom. The lowest BCUT2D eigenvalue weighted by atomic mass is 10.1. The molecule has 2 unspecified atom stereocenters. The number of ether oxygens (including phenoxy) is 2. The monoisotopic (exact) mass is 445 g/mol. The van der Waals surface area contributed by atoms with Crippen LogP contribution in [0.5, 0.6) is 5.75 Å². The first-order chi connectivity index (χ1) is 14.5. The molecule has 2 atom stereocenters. The molecule has 8 nitrogen and oxygen atoms in total. The second kappa shape index (κ2) is 20.9. The summed E-state index contributed by atoms with van der Waals surface area (Å²) in [4.78, 5) is 20.7. The van der Waals surface area contributed by atoms with Crippen LogP contribution in [-0.2, 0) is 25.7 Å². The van der Waals surface area contributed by atoms with Gasteiger partial charge < -0.3 is 30.5 Å². The molecule has 182 valence electrons. The average Bonchev–Trinajstić information content (AvgIpc) is 2.72. The quantitative estimate of drug-likeness (QED) is 0.306. The number of phenolic OH excluding ortho intramolecular Hbond substituents is 1. The lowest BCUT2D eigenvalue weighted by molar-refractivity contribution is -0.157. The summed E-state index contributed by atoms with van der Waals surface area (Å²) < 4.78 is 9.60. The molecule has 0 spiro atoms. The molecule has 1 aromatic carbocycles. The first-order valence-electron chi connectivity index (χ1n) is 10.8. The molecule has 31 heavy (non-hydrogen) atoms. The summed E-state index contributed by atoms with van der Waals surface area (Å²) in [7, 11) is 0. The third-order valence-electron chi connectivity index (χ3n) is 3.07. The number of rotatable bonds is 3. The molecular weight excluding hydrogens is 402 g/mol. The van der Waals surface area contributed by atoms with E-state index in [9.17, 15) is 9.59 Å². The van der Waals surface area contributed by atoms with Crippen molar-refractivity contribution in [2.75, 3.05) is 12.3 Å². The van der Waals surface area contributed by atoms with Gasteiger partial charge >= 0.3 is 11.9 Å². The molecule has 5 N–H and O–H groups in total. The van der Waals surface area contributed by atoms with Gasteiger partial charge in [-0.15, -0.1) is 0 Å². The Bertz CT molecular complexity index is 589. The van der Waals surface area contributed by atoms with E-state index in [2.05, 4.69) is 20.8 Å². The van der Waals surface area contributed by atoms with E-state index < -0.39 is 18.2 Å². The molecule has 1 aliphatic rings. The third kappa shape index (κ3) is 20.7. The fraction of sp³-hybridized carbons (Fsp3) is 0.652. The van der Waals surface area contributed by atoms with Gasteiger partial charge in [-0.3, -0.25) is 4.79 Å². The first kappa shape index (κ1) is 33.3. The van der Waals surface area contributed by atoms with E-state index in [0.717, 1.165) is 11.5 Å². The Morgan fingerprint density at radius 1 is 1.19 bits per heavy atom. The van der Waals surface area contributed by atoms with E-state index in [1.165, 1.54) is 13.0 Å². The van der Waals surface area contributed by atoms with Crippen LogP contribution in [0.1, 0.15) is 73.8 Å². The van der Waals surface area contributed by atoms with Crippen LogP contribution in [-0.4, -0.2) is 46.1 Å². The van der Waals surface area contributed by atoms with Gasteiger partial charge in [0.15, 0.2) is 6.10 Å². The van der Waals surface area contributed by atoms with Crippen molar-refractivity contribution in [2.24, 2.45) is 5.92 Å². The highest BCUT2D eigenvalue weighted by atomic mass is 16.5. The van der Waals surface area contributed by atoms with Crippen molar-refractivity contribution >= 4 is 17.6 Å². The van der Waals surface area contributed by atoms with E-state index in [0.29, 0.717) is 13.0 Å². The molecule has 0 aliphatic carbocycles. The minimum absolute atomic E-state index is 0.0339. The molecule has 2 rings (SSSR count). The van der Waals surface area contributed by atoms with E-state index in [1.807, 2.05) is 27.7 Å². The SMILES string of the molecule is CC.CC.CC(=O)OCc1ccc(O)c(N)c1.CC(C)C.O=C(O)C1CC(O)CCO1. The number of nitrogen functional groups attached to an aromatic ring is 1. The van der Waals surface area contributed by atoms with Crippen LogP contribution in [0.3, 0.4) is 0 Å². The Labute approximate surface area is 187 Å². The number of carbonyl (C=O) groups excluding carboxylic acids is 1. The average molecular weight is 446 g/mol. The zero-order valence-electron chi connectivity index (χ0n) is 20.3. The van der Waals surface area contributed by atoms with E-state index in [1.54, 1.807) is 12.1 Å². The fourth-order valence-electron chi connectivity index (χ4n) is 1.83. The smallest absolute Gasteiger partial charge is 0.332 e. The number of aliphatic hydroxyl groups excluding tert-OH is 1. The largest absolute Gasteiger partial charge is 0.506 e. The van der Waals surface area contributed by atoms with E-state index in [4.69, 9.17) is 30.5 Å². The summed E-state index contributed by atoms with van der Waals surface area (Å²) >= 11 is 0. The normalized spacial score (nSPS) is 16.5. The topological polar surface area (TPSA) is 139 Å². The van der Waals surface area contributed by atoms with Crippen LogP contribution >= 0.6 is 0 Å². The number of carbonyl (C=O) groups is 2. The van der Waals surface area contributed by atoms with Crippen LogP contribution in [0, 0.1) is 5.92 Å². The van der Waals surface area contributed by atoms with Gasteiger partial charge in [0.1, 0.15) is 12.4 Å². The summed E-state index contributed by atoms with van der Waals surface area (Å²) in [6.07, 6.45) is -0.544. The van der Waals surface area contributed by atoms with E-state index in [-0.39, 0.29) is 30.4 Å². The third-order valence-corrected chi connectivity index (χ3v) is 3.07. The Kier molecular flexibility index (Phi) is 22.5. The number of esters is 1. The molecule has 0 saturated carbocycles. The van der Waals surface area contributed by atoms with Gasteiger partial charge in [-0.1, -0.05) is 54.5 Å². The number of carboxylic acid groups (broad SMARTS) is 1. The van der Waals surface area contributed by atoms with Crippen LogP contribution in [0.25, 0.3) is 0 Å². The second-order valence-corrected chi connectivity index (χ2v) is 6.78. The standard InChI is InChI=1S/C9H11NO3.C6H10O4.C4H10.2C2H6/c1-6(11)13-5-7-2-3-9(12)8(10)4-7;7-4-1-2-10-5(3-4)6(8)9;1-4(2)3;2*1-2/h2-4,12H,5,10H2,1H3;4-5,7H,1-3H2,(H,8,9);4H,1-3H3;2*1-2H3. The molecular formula is C23H43NO7. The van der Waals surface area contributed by atoms with Gasteiger partial charge in [-0.2, -0.15) is 0 Å². The fourth-order valence-corrected chi connectivity index (χ4v) is 1.83. The summed E-state index contributed by atoms with van der Waals surface area (Å²) in [6.45, 7) is 16.4. The number of hydrogen-bond acceptors (Lipinski definition) is 7. The highest BCUT2D eigenvalue weighted by Crippen LogP contribution is 2.20. The number of phenols is 1. The maximum atomic E-state index is 10.5. The molecule has 0 amide bonds. The number of anilines is 1. The van der Waals surface area contributed by atoms with Gasteiger partial charge in [0.25, 0.3) is 0 Å². The number of nitrogens with two attached hydrogens (primary N) is 1. The van der Waals surface area contributed by atoms with Crippen LogP contribution in [0.15, 0.2) is 18.2 Å². The molecule has 8 heteroatoms. The Morgan fingerprint density at radius 2 is 1.71 bits per heavy atom. The molecule has 1 saturated heterocycles. The number of aromatic hydroxyl groups is 1. The minimum Gasteiger partial charge on any atom is -0.506 e. The van der Waals surface area contributed by atoms with Gasteiger partial charge in [0.2, 0.25) is 0 Å². The maximum Gasteiger partial charge on any atom is 0.332 e. The summed E-state index contributed by atoms with van der Waals surface area (Å²) in [6, 6.07) is 4.68. The molecule has 1 heterocycles. The number of benzene rings is 1. The van der Waals surface area contributed by atoms with Crippen molar-refractivity contribution < 1.29 is 34.4 Å². The first-order valence-corrected chi connectivity index (χ1v) is 10.8. The number of carboxylic acids is 1. The number of hydrogen-bond donors (Lipinski definition) is 4. The molecule has 1 aliphatic heterocycles. The second-order valence-electron chi connectivity index (χ2n) is 6.78. The van der Waals surface area contributed by atoms with Gasteiger partial charge in [-0.25, -0.2) is 4.79 Å². The zero-order valence-corrected chi connectivity index (χ0v) is 20.3. The highest BCUT2D eigenvalue weighted by Gasteiger charge is 2.26. The molecule has 0 bridgehead atoms. The predicted octanol–water partition coefficient (Wildman–Crippen LogP) is 4.36. The van der Waals surface area contributed by atoms with Crippen LogP contribution in [0.2, 0.25) is 0 Å². The van der Waals surface area contributed by atoms with Crippen molar-refractivity contribution in [1.82, 2.24) is 0 Å². The Hall–Kier alpha value is -2.32. The maximum absolute atomic E-state index is 10.5. The number of aliphatic carboxylic acids is 1. The highest BCUT2D eigenvalue weighted by molar-refractivity contribution is 5.72. The predicted molar refractivity (Wildman–Crippen MR) is 124 cm³/mol. The zero-order chi connectivity index (χ0) is 25.0.